The van der Waals surface area contributed by atoms with Gasteiger partial charge in [0.05, 0.1) is 5.52 Å². The van der Waals surface area contributed by atoms with Crippen LogP contribution in [-0.4, -0.2) is 25.7 Å². The summed E-state index contributed by atoms with van der Waals surface area (Å²) in [6, 6.07) is 9.28. The molecule has 22 heavy (non-hydrogen) atoms. The fourth-order valence-corrected chi connectivity index (χ4v) is 3.16. The molecule has 1 unspecified atom stereocenters. The van der Waals surface area contributed by atoms with Crippen LogP contribution in [0.15, 0.2) is 30.5 Å². The number of hydrogen-bond acceptors (Lipinski definition) is 3. The van der Waals surface area contributed by atoms with Crippen molar-refractivity contribution in [3.8, 4) is 0 Å². The van der Waals surface area contributed by atoms with Crippen LogP contribution in [0.1, 0.15) is 18.6 Å². The van der Waals surface area contributed by atoms with E-state index in [1.54, 1.807) is 0 Å². The van der Waals surface area contributed by atoms with Crippen molar-refractivity contribution in [1.29, 1.82) is 0 Å². The molecule has 0 aliphatic rings. The third kappa shape index (κ3) is 4.21. The van der Waals surface area contributed by atoms with Crippen LogP contribution in [0.4, 0.5) is 0 Å². The van der Waals surface area contributed by atoms with Crippen molar-refractivity contribution in [3.63, 3.8) is 0 Å². The summed E-state index contributed by atoms with van der Waals surface area (Å²) in [5.74, 6) is 0. The summed E-state index contributed by atoms with van der Waals surface area (Å²) in [7, 11) is -1.07. The number of hydrogen-bond donors (Lipinski definition) is 0. The first-order valence-corrected chi connectivity index (χ1v) is 11.4. The zero-order valence-electron chi connectivity index (χ0n) is 13.8. The molecule has 2 aromatic rings. The summed E-state index contributed by atoms with van der Waals surface area (Å²) in [6.45, 7) is 10.7. The Bertz CT molecular complexity index is 630. The van der Waals surface area contributed by atoms with Crippen molar-refractivity contribution in [2.24, 2.45) is 0 Å². The minimum absolute atomic E-state index is 0.259. The normalized spacial score (nSPS) is 13.3. The van der Waals surface area contributed by atoms with E-state index in [2.05, 4.69) is 30.3 Å². The molecule has 0 N–H and O–H groups in total. The Morgan fingerprint density at radius 2 is 2.00 bits per heavy atom. The van der Waals surface area contributed by atoms with E-state index in [-0.39, 0.29) is 6.10 Å². The van der Waals surface area contributed by atoms with Gasteiger partial charge in [-0.15, -0.1) is 0 Å². The predicted molar refractivity (Wildman–Crippen MR) is 91.6 cm³/mol. The van der Waals surface area contributed by atoms with Crippen LogP contribution in [0.25, 0.3) is 10.9 Å². The highest BCUT2D eigenvalue weighted by atomic mass is 28.3. The maximum absolute atomic E-state index is 10.6. The second-order valence-corrected chi connectivity index (χ2v) is 12.4. The maximum Gasteiger partial charge on any atom is 0.293 e. The zero-order chi connectivity index (χ0) is 16.2. The minimum atomic E-state index is -1.07. The van der Waals surface area contributed by atoms with Crippen LogP contribution in [0.3, 0.4) is 0 Å². The molecule has 5 heteroatoms. The Labute approximate surface area is 133 Å². The fraction of sp³-hybridized carbons (Fsp3) is 0.471. The van der Waals surface area contributed by atoms with Gasteiger partial charge >= 0.3 is 0 Å². The molecule has 1 aromatic heterocycles. The first-order valence-electron chi connectivity index (χ1n) is 7.67. The topological polar surface area (TPSA) is 40.5 Å². The first-order chi connectivity index (χ1) is 10.4. The lowest BCUT2D eigenvalue weighted by Crippen LogP contribution is -2.21. The molecule has 0 spiro atoms. The van der Waals surface area contributed by atoms with E-state index in [9.17, 15) is 4.79 Å². The van der Waals surface area contributed by atoms with Gasteiger partial charge in [0, 0.05) is 31.8 Å². The number of benzene rings is 1. The highest BCUT2D eigenvalue weighted by molar-refractivity contribution is 6.76. The number of rotatable bonds is 8. The third-order valence-corrected chi connectivity index (χ3v) is 5.45. The second-order valence-electron chi connectivity index (χ2n) is 6.79. The average molecular weight is 319 g/mol. The first kappa shape index (κ1) is 16.8. The summed E-state index contributed by atoms with van der Waals surface area (Å²) >= 11 is 0. The highest BCUT2D eigenvalue weighted by Gasteiger charge is 2.15. The Hall–Kier alpha value is -1.59. The summed E-state index contributed by atoms with van der Waals surface area (Å²) in [6.07, 6.45) is 1.76. The van der Waals surface area contributed by atoms with E-state index in [4.69, 9.17) is 9.47 Å². The largest absolute Gasteiger partial charge is 0.460 e. The minimum Gasteiger partial charge on any atom is -0.460 e. The van der Waals surface area contributed by atoms with Crippen LogP contribution in [0.2, 0.25) is 25.7 Å². The second kappa shape index (κ2) is 7.11. The maximum atomic E-state index is 10.6. The zero-order valence-corrected chi connectivity index (χ0v) is 14.8. The molecule has 0 aliphatic carbocycles. The van der Waals surface area contributed by atoms with Crippen LogP contribution in [0.5, 0.6) is 0 Å². The van der Waals surface area contributed by atoms with Crippen molar-refractivity contribution in [3.05, 3.63) is 36.0 Å². The molecule has 120 valence electrons. The molecule has 0 saturated heterocycles. The number of ether oxygens (including phenoxy) is 2. The third-order valence-electron chi connectivity index (χ3n) is 3.74. The van der Waals surface area contributed by atoms with Gasteiger partial charge in [0.2, 0.25) is 0 Å². The lowest BCUT2D eigenvalue weighted by Gasteiger charge is -2.15. The standard InChI is InChI=1S/C17H25NO3Si/c1-14(21-13-19)16-11-18(12-20-9-10-22(2,3)4)17-8-6-5-7-15(16)17/h5-8,11,13-14H,9-10,12H2,1-4H3. The van der Waals surface area contributed by atoms with Gasteiger partial charge < -0.3 is 14.0 Å². The smallest absolute Gasteiger partial charge is 0.293 e. The number of aromatic nitrogens is 1. The van der Waals surface area contributed by atoms with E-state index >= 15 is 0 Å². The Morgan fingerprint density at radius 1 is 1.27 bits per heavy atom. The predicted octanol–water partition coefficient (Wildman–Crippen LogP) is 4.19. The lowest BCUT2D eigenvalue weighted by atomic mass is 10.1. The van der Waals surface area contributed by atoms with E-state index in [0.717, 1.165) is 29.1 Å². The summed E-state index contributed by atoms with van der Waals surface area (Å²) in [5, 5.41) is 1.10. The number of para-hydroxylation sites is 1. The molecular weight excluding hydrogens is 294 g/mol. The quantitative estimate of drug-likeness (QED) is 0.416. The number of carbonyl (C=O) groups is 1. The Morgan fingerprint density at radius 3 is 2.68 bits per heavy atom. The molecule has 0 radical (unpaired) electrons. The van der Waals surface area contributed by atoms with Gasteiger partial charge in [-0.2, -0.15) is 0 Å². The van der Waals surface area contributed by atoms with E-state index in [0.29, 0.717) is 13.2 Å². The van der Waals surface area contributed by atoms with Gasteiger partial charge in [-0.25, -0.2) is 0 Å². The number of nitrogens with zero attached hydrogens (tertiary/aromatic N) is 1. The summed E-state index contributed by atoms with van der Waals surface area (Å²) in [5.41, 5.74) is 2.11. The average Bonchev–Trinajstić information content (AvgIpc) is 2.82. The Balaban J connectivity index is 2.14. The van der Waals surface area contributed by atoms with Gasteiger partial charge in [-0.05, 0) is 19.0 Å². The molecule has 2 rings (SSSR count). The van der Waals surface area contributed by atoms with Crippen molar-refractivity contribution < 1.29 is 14.3 Å². The van der Waals surface area contributed by atoms with Gasteiger partial charge in [0.15, 0.2) is 0 Å². The summed E-state index contributed by atoms with van der Waals surface area (Å²) in [4.78, 5) is 10.6. The number of fused-ring (bicyclic) bond motifs is 1. The van der Waals surface area contributed by atoms with Gasteiger partial charge in [0.25, 0.3) is 6.47 Å². The summed E-state index contributed by atoms with van der Waals surface area (Å²) < 4.78 is 13.0. The molecule has 4 nitrogen and oxygen atoms in total. The van der Waals surface area contributed by atoms with Crippen LogP contribution < -0.4 is 0 Å². The number of carbonyl (C=O) groups excluding carboxylic acids is 1. The van der Waals surface area contributed by atoms with E-state index in [1.165, 1.54) is 0 Å². The van der Waals surface area contributed by atoms with Crippen LogP contribution >= 0.6 is 0 Å². The van der Waals surface area contributed by atoms with Crippen LogP contribution in [-0.2, 0) is 21.0 Å². The van der Waals surface area contributed by atoms with Gasteiger partial charge in [-0.3, -0.25) is 4.79 Å². The van der Waals surface area contributed by atoms with Crippen molar-refractivity contribution in [2.45, 2.75) is 45.4 Å². The highest BCUT2D eigenvalue weighted by Crippen LogP contribution is 2.28. The van der Waals surface area contributed by atoms with Crippen molar-refractivity contribution in [2.75, 3.05) is 6.61 Å². The van der Waals surface area contributed by atoms with E-state index < -0.39 is 8.07 Å². The molecule has 0 amide bonds. The fourth-order valence-electron chi connectivity index (χ4n) is 2.40. The van der Waals surface area contributed by atoms with Crippen LogP contribution in [0, 0.1) is 0 Å². The molecule has 0 saturated carbocycles. The Kier molecular flexibility index (Phi) is 5.42. The lowest BCUT2D eigenvalue weighted by molar-refractivity contribution is -0.133. The molecule has 0 aliphatic heterocycles. The molecular formula is C17H25NO3Si. The molecule has 0 fully saturated rings. The molecule has 1 atom stereocenters. The molecule has 0 bridgehead atoms. The van der Waals surface area contributed by atoms with E-state index in [1.807, 2.05) is 31.3 Å². The van der Waals surface area contributed by atoms with Gasteiger partial charge in [-0.1, -0.05) is 37.8 Å². The van der Waals surface area contributed by atoms with Crippen molar-refractivity contribution >= 4 is 25.4 Å². The molecule has 1 heterocycles. The van der Waals surface area contributed by atoms with Crippen molar-refractivity contribution in [1.82, 2.24) is 4.57 Å². The SMILES string of the molecule is CC(OC=O)c1cn(COCC[Si](C)(C)C)c2ccccc12. The molecule has 1 aromatic carbocycles. The van der Waals surface area contributed by atoms with Gasteiger partial charge in [0.1, 0.15) is 12.8 Å². The monoisotopic (exact) mass is 319 g/mol.